The second-order valence-corrected chi connectivity index (χ2v) is 8.72. The first-order valence-corrected chi connectivity index (χ1v) is 11.2. The predicted octanol–water partition coefficient (Wildman–Crippen LogP) is 4.03. The maximum atomic E-state index is 12.6. The lowest BCUT2D eigenvalue weighted by atomic mass is 9.67. The second kappa shape index (κ2) is 9.90. The molecule has 1 unspecified atom stereocenters. The van der Waals surface area contributed by atoms with E-state index in [1.165, 1.54) is 0 Å². The first-order chi connectivity index (χ1) is 15.1. The van der Waals surface area contributed by atoms with Gasteiger partial charge in [-0.15, -0.1) is 0 Å². The molecule has 4 atom stereocenters. The van der Waals surface area contributed by atoms with Crippen molar-refractivity contribution in [2.24, 2.45) is 17.8 Å². The number of ether oxygens (including phenoxy) is 1. The number of hydrogen-bond acceptors (Lipinski definition) is 4. The van der Waals surface area contributed by atoms with Crippen LogP contribution in [0.1, 0.15) is 49.3 Å². The van der Waals surface area contributed by atoms with Crippen molar-refractivity contribution in [1.82, 2.24) is 5.32 Å². The van der Waals surface area contributed by atoms with Gasteiger partial charge in [-0.2, -0.15) is 0 Å². The lowest BCUT2D eigenvalue weighted by molar-refractivity contribution is -0.156. The molecule has 2 fully saturated rings. The average Bonchev–Trinajstić information content (AvgIpc) is 2.78. The highest BCUT2D eigenvalue weighted by atomic mass is 16.5. The topological polar surface area (TPSA) is 72.5 Å². The van der Waals surface area contributed by atoms with E-state index < -0.39 is 0 Å². The van der Waals surface area contributed by atoms with Crippen LogP contribution in [0.4, 0.5) is 0 Å². The van der Waals surface area contributed by atoms with Crippen LogP contribution in [0.3, 0.4) is 0 Å². The van der Waals surface area contributed by atoms with Gasteiger partial charge in [0.15, 0.2) is 6.61 Å². The number of Topliss-reactive ketones (excluding diaryl/α,β-unsaturated/α-hetero) is 1. The largest absolute Gasteiger partial charge is 0.455 e. The van der Waals surface area contributed by atoms with Crippen molar-refractivity contribution in [3.8, 4) is 0 Å². The van der Waals surface area contributed by atoms with Gasteiger partial charge in [-0.05, 0) is 43.2 Å². The van der Waals surface area contributed by atoms with Gasteiger partial charge in [0.05, 0.1) is 12.0 Å². The van der Waals surface area contributed by atoms with E-state index >= 15 is 0 Å². The standard InChI is InChI=1S/C26H29NO4/c28-24(17-31-26(30)22-15-20-12-7-13-21(16-22)25(20)29)27-23(19-10-5-2-6-11-19)14-18-8-3-1-4-9-18/h1-6,8-11,20-23H,7,12-17H2,(H,27,28)/t20-,21+,22?,23-/m1/s1. The van der Waals surface area contributed by atoms with Crippen molar-refractivity contribution in [3.05, 3.63) is 71.8 Å². The van der Waals surface area contributed by atoms with Gasteiger partial charge in [0.25, 0.3) is 5.91 Å². The zero-order valence-electron chi connectivity index (χ0n) is 17.7. The monoisotopic (exact) mass is 419 g/mol. The molecule has 0 spiro atoms. The van der Waals surface area contributed by atoms with Gasteiger partial charge in [-0.3, -0.25) is 14.4 Å². The third-order valence-corrected chi connectivity index (χ3v) is 6.55. The van der Waals surface area contributed by atoms with Crippen molar-refractivity contribution in [2.75, 3.05) is 6.61 Å². The molecule has 5 heteroatoms. The highest BCUT2D eigenvalue weighted by Gasteiger charge is 2.41. The number of esters is 1. The van der Waals surface area contributed by atoms with Crippen molar-refractivity contribution in [2.45, 2.75) is 44.6 Å². The molecule has 2 aliphatic rings. The van der Waals surface area contributed by atoms with E-state index in [9.17, 15) is 14.4 Å². The van der Waals surface area contributed by atoms with Gasteiger partial charge in [-0.1, -0.05) is 67.1 Å². The zero-order chi connectivity index (χ0) is 21.6. The minimum absolute atomic E-state index is 0.00721. The van der Waals surface area contributed by atoms with Crippen molar-refractivity contribution >= 4 is 17.7 Å². The Morgan fingerprint density at radius 1 is 0.935 bits per heavy atom. The Balaban J connectivity index is 1.33. The summed E-state index contributed by atoms with van der Waals surface area (Å²) in [5, 5.41) is 3.02. The van der Waals surface area contributed by atoms with Gasteiger partial charge in [0.1, 0.15) is 5.78 Å². The van der Waals surface area contributed by atoms with Crippen LogP contribution in [0, 0.1) is 17.8 Å². The van der Waals surface area contributed by atoms with Crippen LogP contribution in [0.25, 0.3) is 0 Å². The SMILES string of the molecule is O=C(COC(=O)C1C[C@H]2CCC[C@@H](C1)C2=O)N[C@H](Cc1ccccc1)c1ccccc1. The quantitative estimate of drug-likeness (QED) is 0.688. The normalized spacial score (nSPS) is 23.6. The molecule has 1 amide bonds. The van der Waals surface area contributed by atoms with Crippen LogP contribution >= 0.6 is 0 Å². The third kappa shape index (κ3) is 5.40. The molecule has 4 rings (SSSR count). The lowest BCUT2D eigenvalue weighted by Gasteiger charge is -2.36. The number of carbonyl (C=O) groups is 3. The number of ketones is 1. The van der Waals surface area contributed by atoms with Gasteiger partial charge >= 0.3 is 5.97 Å². The number of fused-ring (bicyclic) bond motifs is 2. The Morgan fingerprint density at radius 2 is 1.55 bits per heavy atom. The fourth-order valence-electron chi connectivity index (χ4n) is 4.95. The Hall–Kier alpha value is -2.95. The van der Waals surface area contributed by atoms with Crippen LogP contribution in [0.5, 0.6) is 0 Å². The predicted molar refractivity (Wildman–Crippen MR) is 117 cm³/mol. The summed E-state index contributed by atoms with van der Waals surface area (Å²) in [5.74, 6) is -0.627. The minimum atomic E-state index is -0.348. The number of nitrogens with one attached hydrogen (secondary N) is 1. The summed E-state index contributed by atoms with van der Waals surface area (Å²) in [4.78, 5) is 37.4. The van der Waals surface area contributed by atoms with Crippen molar-refractivity contribution in [1.29, 1.82) is 0 Å². The number of benzene rings is 2. The number of carbonyl (C=O) groups excluding carboxylic acids is 3. The number of rotatable bonds is 7. The molecule has 0 aliphatic heterocycles. The summed E-state index contributed by atoms with van der Waals surface area (Å²) in [6.45, 7) is -0.295. The van der Waals surface area contributed by atoms with E-state index in [1.54, 1.807) is 0 Å². The second-order valence-electron chi connectivity index (χ2n) is 8.72. The highest BCUT2D eigenvalue weighted by Crippen LogP contribution is 2.40. The summed E-state index contributed by atoms with van der Waals surface area (Å²) in [6.07, 6.45) is 4.59. The lowest BCUT2D eigenvalue weighted by Crippen LogP contribution is -2.40. The van der Waals surface area contributed by atoms with E-state index in [2.05, 4.69) is 5.32 Å². The highest BCUT2D eigenvalue weighted by molar-refractivity contribution is 5.88. The van der Waals surface area contributed by atoms with Crippen LogP contribution < -0.4 is 5.32 Å². The molecule has 1 N–H and O–H groups in total. The number of amides is 1. The van der Waals surface area contributed by atoms with E-state index in [0.717, 1.165) is 30.4 Å². The summed E-state index contributed by atoms with van der Waals surface area (Å²) in [7, 11) is 0. The Labute approximate surface area is 183 Å². The minimum Gasteiger partial charge on any atom is -0.455 e. The molecule has 162 valence electrons. The molecule has 2 aliphatic carbocycles. The molecule has 2 bridgehead atoms. The van der Waals surface area contributed by atoms with Gasteiger partial charge in [0, 0.05) is 11.8 Å². The van der Waals surface area contributed by atoms with E-state index in [0.29, 0.717) is 25.0 Å². The molecule has 2 aromatic rings. The molecule has 2 saturated carbocycles. The Kier molecular flexibility index (Phi) is 6.80. The molecule has 0 heterocycles. The van der Waals surface area contributed by atoms with Crippen LogP contribution in [0.15, 0.2) is 60.7 Å². The zero-order valence-corrected chi connectivity index (χ0v) is 17.7. The molecule has 0 saturated heterocycles. The summed E-state index contributed by atoms with van der Waals surface area (Å²) < 4.78 is 5.37. The molecule has 5 nitrogen and oxygen atoms in total. The van der Waals surface area contributed by atoms with Gasteiger partial charge < -0.3 is 10.1 Å². The smallest absolute Gasteiger partial charge is 0.309 e. The van der Waals surface area contributed by atoms with Crippen molar-refractivity contribution < 1.29 is 19.1 Å². The molecular formula is C26H29NO4. The molecule has 2 aromatic carbocycles. The summed E-state index contributed by atoms with van der Waals surface area (Å²) in [6, 6.07) is 19.6. The average molecular weight is 420 g/mol. The van der Waals surface area contributed by atoms with E-state index in [-0.39, 0.29) is 42.3 Å². The van der Waals surface area contributed by atoms with Gasteiger partial charge in [0.2, 0.25) is 0 Å². The molecule has 0 radical (unpaired) electrons. The van der Waals surface area contributed by atoms with Gasteiger partial charge in [-0.25, -0.2) is 0 Å². The molecule has 0 aromatic heterocycles. The molecular weight excluding hydrogens is 390 g/mol. The molecule has 31 heavy (non-hydrogen) atoms. The van der Waals surface area contributed by atoms with E-state index in [4.69, 9.17) is 4.74 Å². The van der Waals surface area contributed by atoms with Crippen LogP contribution in [-0.2, 0) is 25.5 Å². The van der Waals surface area contributed by atoms with Crippen LogP contribution in [0.2, 0.25) is 0 Å². The number of hydrogen-bond donors (Lipinski definition) is 1. The summed E-state index contributed by atoms with van der Waals surface area (Å²) in [5.41, 5.74) is 2.12. The van der Waals surface area contributed by atoms with E-state index in [1.807, 2.05) is 60.7 Å². The fourth-order valence-corrected chi connectivity index (χ4v) is 4.95. The Morgan fingerprint density at radius 3 is 2.19 bits per heavy atom. The van der Waals surface area contributed by atoms with Crippen LogP contribution in [-0.4, -0.2) is 24.3 Å². The van der Waals surface area contributed by atoms with Crippen molar-refractivity contribution in [3.63, 3.8) is 0 Å². The first-order valence-electron chi connectivity index (χ1n) is 11.2. The maximum absolute atomic E-state index is 12.6. The Bertz CT molecular complexity index is 896. The fraction of sp³-hybridized carbons (Fsp3) is 0.423. The summed E-state index contributed by atoms with van der Waals surface area (Å²) >= 11 is 0. The first kappa shape index (κ1) is 21.3. The maximum Gasteiger partial charge on any atom is 0.309 e. The third-order valence-electron chi connectivity index (χ3n) is 6.55.